The first-order valence-corrected chi connectivity index (χ1v) is 17.0. The molecule has 10 atom stereocenters. The molecular formula is C29H50O4Si. The van der Waals surface area contributed by atoms with Crippen LogP contribution in [-0.2, 0) is 18.7 Å². The lowest BCUT2D eigenvalue weighted by molar-refractivity contribution is -0.194. The quantitative estimate of drug-likeness (QED) is 0.392. The van der Waals surface area contributed by atoms with Crippen LogP contribution in [0.2, 0.25) is 18.1 Å². The molecule has 5 fully saturated rings. The van der Waals surface area contributed by atoms with E-state index in [2.05, 4.69) is 68.5 Å². The minimum atomic E-state index is -1.84. The molecule has 0 N–H and O–H groups in total. The molecule has 0 amide bonds. The molecule has 1 saturated heterocycles. The van der Waals surface area contributed by atoms with Crippen molar-refractivity contribution in [1.82, 2.24) is 0 Å². The number of Topliss-reactive ketones (excluding diaryl/α,β-unsaturated/α-hetero) is 1. The van der Waals surface area contributed by atoms with Crippen LogP contribution in [0.4, 0.5) is 0 Å². The van der Waals surface area contributed by atoms with E-state index in [4.69, 9.17) is 13.9 Å². The van der Waals surface area contributed by atoms with Crippen molar-refractivity contribution < 1.29 is 18.7 Å². The van der Waals surface area contributed by atoms with E-state index in [1.807, 2.05) is 0 Å². The van der Waals surface area contributed by atoms with Gasteiger partial charge in [0.05, 0.1) is 18.3 Å². The molecule has 4 aliphatic carbocycles. The summed E-state index contributed by atoms with van der Waals surface area (Å²) in [6.45, 7) is 23.3. The number of carbonyl (C=O) groups is 1. The molecule has 0 aromatic rings. The number of ether oxygens (including phenoxy) is 2. The first kappa shape index (κ1) is 25.4. The van der Waals surface area contributed by atoms with E-state index < -0.39 is 14.1 Å². The fourth-order valence-corrected chi connectivity index (χ4v) is 10.6. The Morgan fingerprint density at radius 3 is 2.18 bits per heavy atom. The summed E-state index contributed by atoms with van der Waals surface area (Å²) in [5, 5.41) is 0.229. The van der Waals surface area contributed by atoms with Crippen molar-refractivity contribution in [1.29, 1.82) is 0 Å². The predicted octanol–water partition coefficient (Wildman–Crippen LogP) is 6.97. The van der Waals surface area contributed by atoms with E-state index in [-0.39, 0.29) is 39.9 Å². The second-order valence-electron chi connectivity index (χ2n) is 15.1. The summed E-state index contributed by atoms with van der Waals surface area (Å²) in [4.78, 5) is 12.9. The zero-order chi connectivity index (χ0) is 25.1. The molecule has 4 nitrogen and oxygen atoms in total. The molecule has 0 aromatic carbocycles. The van der Waals surface area contributed by atoms with E-state index in [9.17, 15) is 4.79 Å². The van der Waals surface area contributed by atoms with Crippen LogP contribution in [0, 0.1) is 40.4 Å². The average molecular weight is 491 g/mol. The van der Waals surface area contributed by atoms with Crippen LogP contribution in [-0.4, -0.2) is 38.2 Å². The fourth-order valence-electron chi connectivity index (χ4n) is 9.14. The second kappa shape index (κ2) is 7.64. The van der Waals surface area contributed by atoms with Gasteiger partial charge in [-0.2, -0.15) is 0 Å². The normalized spacial score (nSPS) is 50.4. The van der Waals surface area contributed by atoms with Crippen molar-refractivity contribution in [2.75, 3.05) is 0 Å². The highest BCUT2D eigenvalue weighted by molar-refractivity contribution is 6.74. The molecule has 1 aliphatic heterocycles. The number of fused-ring (bicyclic) bond motifs is 8. The van der Waals surface area contributed by atoms with Gasteiger partial charge in [-0.15, -0.1) is 0 Å². The largest absolute Gasteiger partial charge is 0.413 e. The Hall–Kier alpha value is -0.233. The third-order valence-electron chi connectivity index (χ3n) is 12.0. The van der Waals surface area contributed by atoms with Crippen LogP contribution in [0.25, 0.3) is 0 Å². The number of carbonyl (C=O) groups excluding carboxylic acids is 1. The van der Waals surface area contributed by atoms with Crippen LogP contribution in [0.15, 0.2) is 0 Å². The number of rotatable bonds is 2. The number of hydrogen-bond donors (Lipinski definition) is 0. The third-order valence-corrected chi connectivity index (χ3v) is 16.4. The van der Waals surface area contributed by atoms with Gasteiger partial charge in [0.1, 0.15) is 5.78 Å². The maximum atomic E-state index is 12.9. The maximum Gasteiger partial charge on any atom is 0.192 e. The highest BCUT2D eigenvalue weighted by Gasteiger charge is 2.70. The van der Waals surface area contributed by atoms with Crippen molar-refractivity contribution in [2.45, 2.75) is 136 Å². The fraction of sp³-hybridized carbons (Fsp3) is 0.966. The monoisotopic (exact) mass is 490 g/mol. The zero-order valence-corrected chi connectivity index (χ0v) is 24.5. The van der Waals surface area contributed by atoms with Crippen molar-refractivity contribution in [3.8, 4) is 0 Å². The molecule has 0 spiro atoms. The SMILES string of the molecule is C[C@@H]1C(=O)CC[C@]2(C)C3CC[C@@]4(C)C(CC[C@@H]4O[Si](C)(C)C(C)(C)C)C3[C@H]3OC(C)(C)O[C@@H]3C12. The number of hydrogen-bond acceptors (Lipinski definition) is 4. The first-order valence-electron chi connectivity index (χ1n) is 14.1. The Morgan fingerprint density at radius 1 is 0.912 bits per heavy atom. The summed E-state index contributed by atoms with van der Waals surface area (Å²) >= 11 is 0. The highest BCUT2D eigenvalue weighted by Crippen LogP contribution is 2.69. The van der Waals surface area contributed by atoms with Gasteiger partial charge in [-0.05, 0) is 92.7 Å². The summed E-state index contributed by atoms with van der Waals surface area (Å²) in [6, 6.07) is 0. The van der Waals surface area contributed by atoms with Crippen LogP contribution in [0.3, 0.4) is 0 Å². The number of ketones is 1. The Balaban J connectivity index is 1.51. The molecular weight excluding hydrogens is 440 g/mol. The maximum absolute atomic E-state index is 12.9. The summed E-state index contributed by atoms with van der Waals surface area (Å²) < 4.78 is 20.6. The van der Waals surface area contributed by atoms with Crippen molar-refractivity contribution in [3.05, 3.63) is 0 Å². The third kappa shape index (κ3) is 3.49. The molecule has 5 rings (SSSR count). The van der Waals surface area contributed by atoms with Crippen LogP contribution in [0.5, 0.6) is 0 Å². The standard InChI is InChI=1S/C29H50O4Si/c1-17-20(30)14-16-29(8)19-13-15-28(7)18(11-12-21(28)33-34(9,10)26(2,3)4)22(19)24-25(23(17)29)32-27(5,6)31-24/h17-19,21-25H,11-16H2,1-10H3/t17-,18?,19?,21+,22?,23?,24-,25-,28+,29-/m1/s1. The van der Waals surface area contributed by atoms with Crippen molar-refractivity contribution in [3.63, 3.8) is 0 Å². The van der Waals surface area contributed by atoms with Gasteiger partial charge >= 0.3 is 0 Å². The van der Waals surface area contributed by atoms with Crippen molar-refractivity contribution >= 4 is 14.1 Å². The summed E-state index contributed by atoms with van der Waals surface area (Å²) in [5.74, 6) is 1.91. The lowest BCUT2D eigenvalue weighted by Crippen LogP contribution is -2.65. The Labute approximate surface area is 209 Å². The molecule has 0 bridgehead atoms. The second-order valence-corrected chi connectivity index (χ2v) is 19.9. The zero-order valence-electron chi connectivity index (χ0n) is 23.5. The Kier molecular flexibility index (Phi) is 5.72. The molecule has 194 valence electrons. The smallest absolute Gasteiger partial charge is 0.192 e. The molecule has 1 heterocycles. The molecule has 4 unspecified atom stereocenters. The lowest BCUT2D eigenvalue weighted by atomic mass is 9.42. The topological polar surface area (TPSA) is 44.8 Å². The summed E-state index contributed by atoms with van der Waals surface area (Å²) in [7, 11) is -1.84. The van der Waals surface area contributed by atoms with E-state index >= 15 is 0 Å². The minimum absolute atomic E-state index is 0.0307. The van der Waals surface area contributed by atoms with Gasteiger partial charge in [-0.3, -0.25) is 4.79 Å². The highest BCUT2D eigenvalue weighted by atomic mass is 28.4. The minimum Gasteiger partial charge on any atom is -0.413 e. The van der Waals surface area contributed by atoms with Gasteiger partial charge in [-0.25, -0.2) is 0 Å². The predicted molar refractivity (Wildman–Crippen MR) is 138 cm³/mol. The van der Waals surface area contributed by atoms with Gasteiger partial charge in [0.2, 0.25) is 0 Å². The van der Waals surface area contributed by atoms with Gasteiger partial charge in [-0.1, -0.05) is 41.5 Å². The van der Waals surface area contributed by atoms with Crippen LogP contribution in [0.1, 0.15) is 93.9 Å². The summed E-state index contributed by atoms with van der Waals surface area (Å²) in [5.41, 5.74) is 0.360. The molecule has 0 radical (unpaired) electrons. The average Bonchev–Trinajstić information content (AvgIpc) is 3.19. The van der Waals surface area contributed by atoms with Gasteiger partial charge < -0.3 is 13.9 Å². The van der Waals surface area contributed by atoms with E-state index in [1.165, 1.54) is 25.7 Å². The van der Waals surface area contributed by atoms with Crippen LogP contribution >= 0.6 is 0 Å². The van der Waals surface area contributed by atoms with E-state index in [0.29, 0.717) is 29.6 Å². The molecule has 0 aromatic heterocycles. The van der Waals surface area contributed by atoms with Gasteiger partial charge in [0.25, 0.3) is 0 Å². The van der Waals surface area contributed by atoms with E-state index in [1.54, 1.807) is 0 Å². The molecule has 5 aliphatic rings. The van der Waals surface area contributed by atoms with Gasteiger partial charge in [0.15, 0.2) is 14.1 Å². The summed E-state index contributed by atoms with van der Waals surface area (Å²) in [6.07, 6.45) is 7.12. The first-order chi connectivity index (χ1) is 15.5. The molecule has 4 saturated carbocycles. The van der Waals surface area contributed by atoms with Crippen molar-refractivity contribution in [2.24, 2.45) is 40.4 Å². The van der Waals surface area contributed by atoms with E-state index in [0.717, 1.165) is 12.8 Å². The molecule has 34 heavy (non-hydrogen) atoms. The Morgan fingerprint density at radius 2 is 1.53 bits per heavy atom. The lowest BCUT2D eigenvalue weighted by Gasteiger charge is -2.63. The van der Waals surface area contributed by atoms with Gasteiger partial charge in [0, 0.05) is 18.3 Å². The molecule has 5 heteroatoms. The van der Waals surface area contributed by atoms with Crippen LogP contribution < -0.4 is 0 Å². The Bertz CT molecular complexity index is 846.